The summed E-state index contributed by atoms with van der Waals surface area (Å²) < 4.78 is 38.3. The molecule has 0 radical (unpaired) electrons. The fourth-order valence-electron chi connectivity index (χ4n) is 4.13. The third-order valence-electron chi connectivity index (χ3n) is 5.69. The Morgan fingerprint density at radius 1 is 1.10 bits per heavy atom. The predicted molar refractivity (Wildman–Crippen MR) is 103 cm³/mol. The maximum Gasteiger partial charge on any atom is 0.416 e. The maximum atomic E-state index is 12.8. The molecule has 2 amide bonds. The van der Waals surface area contributed by atoms with E-state index < -0.39 is 11.7 Å². The van der Waals surface area contributed by atoms with Crippen LogP contribution in [0.1, 0.15) is 49.7 Å². The zero-order valence-corrected chi connectivity index (χ0v) is 16.5. The Morgan fingerprint density at radius 3 is 2.66 bits per heavy atom. The molecule has 0 aromatic heterocycles. The van der Waals surface area contributed by atoms with Crippen LogP contribution in [0, 0.1) is 0 Å². The van der Waals surface area contributed by atoms with E-state index in [1.807, 2.05) is 9.80 Å². The Labute approximate surface area is 169 Å². The number of hydrogen-bond donors (Lipinski definition) is 1. The molecule has 3 rings (SSSR count). The summed E-state index contributed by atoms with van der Waals surface area (Å²) in [4.78, 5) is 27.6. The summed E-state index contributed by atoms with van der Waals surface area (Å²) in [6.45, 7) is 3.16. The number of benzene rings is 1. The summed E-state index contributed by atoms with van der Waals surface area (Å²) in [6, 6.07) is 5.49. The molecule has 2 heterocycles. The number of rotatable bonds is 9. The normalized spacial score (nSPS) is 20.2. The number of nitrogens with zero attached hydrogens (tertiary/aromatic N) is 2. The van der Waals surface area contributed by atoms with Gasteiger partial charge in [-0.2, -0.15) is 13.2 Å². The van der Waals surface area contributed by atoms with Crippen LogP contribution in [0.2, 0.25) is 0 Å². The van der Waals surface area contributed by atoms with E-state index in [2.05, 4.69) is 5.32 Å². The number of halogens is 3. The summed E-state index contributed by atoms with van der Waals surface area (Å²) in [6.07, 6.45) is 0.123. The van der Waals surface area contributed by atoms with Gasteiger partial charge >= 0.3 is 6.18 Å². The Balaban J connectivity index is 1.40. The van der Waals surface area contributed by atoms with E-state index in [4.69, 9.17) is 0 Å². The van der Waals surface area contributed by atoms with Crippen LogP contribution in [0.25, 0.3) is 0 Å². The van der Waals surface area contributed by atoms with Gasteiger partial charge in [-0.1, -0.05) is 18.2 Å². The van der Waals surface area contributed by atoms with Crippen LogP contribution in [0.4, 0.5) is 13.2 Å². The van der Waals surface area contributed by atoms with Crippen LogP contribution >= 0.6 is 0 Å². The monoisotopic (exact) mass is 411 g/mol. The summed E-state index contributed by atoms with van der Waals surface area (Å²) in [5.41, 5.74) is -0.0460. The van der Waals surface area contributed by atoms with Crippen LogP contribution in [0.3, 0.4) is 0 Å². The van der Waals surface area contributed by atoms with Crippen LogP contribution in [-0.2, 0) is 22.3 Å². The van der Waals surface area contributed by atoms with Gasteiger partial charge in [0, 0.05) is 45.1 Å². The Kier molecular flexibility index (Phi) is 7.16. The molecule has 5 nitrogen and oxygen atoms in total. The smallest absolute Gasteiger partial charge is 0.343 e. The Hall–Kier alpha value is -2.09. The van der Waals surface area contributed by atoms with Gasteiger partial charge in [-0.25, -0.2) is 0 Å². The zero-order chi connectivity index (χ0) is 20.9. The zero-order valence-electron chi connectivity index (χ0n) is 16.5. The average molecular weight is 411 g/mol. The summed E-state index contributed by atoms with van der Waals surface area (Å²) in [5, 5.41) is 3.19. The topological polar surface area (TPSA) is 52.7 Å². The molecule has 1 atom stereocenters. The van der Waals surface area contributed by atoms with Crippen LogP contribution in [0.15, 0.2) is 24.3 Å². The maximum absolute atomic E-state index is 12.8. The van der Waals surface area contributed by atoms with E-state index in [0.29, 0.717) is 44.6 Å². The van der Waals surface area contributed by atoms with Crippen molar-refractivity contribution < 1.29 is 22.8 Å². The molecule has 0 aliphatic carbocycles. The van der Waals surface area contributed by atoms with Crippen LogP contribution in [-0.4, -0.2) is 53.8 Å². The minimum absolute atomic E-state index is 0.153. The summed E-state index contributed by atoms with van der Waals surface area (Å²) >= 11 is 0. The second-order valence-electron chi connectivity index (χ2n) is 7.78. The molecule has 2 aliphatic rings. The lowest BCUT2D eigenvalue weighted by atomic mass is 10.1. The number of carbonyl (C=O) groups excluding carboxylic acids is 2. The molecule has 8 heteroatoms. The lowest BCUT2D eigenvalue weighted by Gasteiger charge is -2.26. The highest BCUT2D eigenvalue weighted by molar-refractivity contribution is 5.79. The molecule has 2 saturated heterocycles. The van der Waals surface area contributed by atoms with E-state index >= 15 is 0 Å². The number of alkyl halides is 3. The molecular formula is C21H28F3N3O2. The lowest BCUT2D eigenvalue weighted by Crippen LogP contribution is -2.37. The number of carbonyl (C=O) groups is 2. The quantitative estimate of drug-likeness (QED) is 0.635. The van der Waals surface area contributed by atoms with Gasteiger partial charge in [0.2, 0.25) is 11.8 Å². The molecule has 1 N–H and O–H groups in total. The number of nitrogens with one attached hydrogen (secondary N) is 1. The highest BCUT2D eigenvalue weighted by atomic mass is 19.4. The largest absolute Gasteiger partial charge is 0.416 e. The van der Waals surface area contributed by atoms with Crippen LogP contribution in [0.5, 0.6) is 0 Å². The first kappa shape index (κ1) is 21.6. The van der Waals surface area contributed by atoms with Crippen molar-refractivity contribution in [2.24, 2.45) is 0 Å². The highest BCUT2D eigenvalue weighted by Crippen LogP contribution is 2.29. The van der Waals surface area contributed by atoms with E-state index in [9.17, 15) is 22.8 Å². The van der Waals surface area contributed by atoms with E-state index in [0.717, 1.165) is 44.4 Å². The predicted octanol–water partition coefficient (Wildman–Crippen LogP) is 3.19. The van der Waals surface area contributed by atoms with Crippen molar-refractivity contribution in [3.8, 4) is 0 Å². The van der Waals surface area contributed by atoms with Gasteiger partial charge in [-0.15, -0.1) is 0 Å². The fourth-order valence-corrected chi connectivity index (χ4v) is 4.13. The molecular weight excluding hydrogens is 383 g/mol. The van der Waals surface area contributed by atoms with Gasteiger partial charge in [-0.3, -0.25) is 9.59 Å². The molecule has 2 fully saturated rings. The molecule has 0 spiro atoms. The second-order valence-corrected chi connectivity index (χ2v) is 7.78. The third-order valence-corrected chi connectivity index (χ3v) is 5.69. The fraction of sp³-hybridized carbons (Fsp3) is 0.619. The van der Waals surface area contributed by atoms with Crippen molar-refractivity contribution >= 4 is 11.8 Å². The summed E-state index contributed by atoms with van der Waals surface area (Å²) in [5.74, 6) is 0.355. The standard InChI is InChI=1S/C21H28F3N3O2/c22-21(23,24)17-5-1-4-16(14-17)15-25-10-9-18-7-8-20(29)27(18)13-3-12-26-11-2-6-19(26)28/h1,4-5,14,18,25H,2-3,6-13,15H2. The van der Waals surface area contributed by atoms with Crippen molar-refractivity contribution in [3.05, 3.63) is 35.4 Å². The molecule has 0 saturated carbocycles. The van der Waals surface area contributed by atoms with E-state index in [-0.39, 0.29) is 17.9 Å². The highest BCUT2D eigenvalue weighted by Gasteiger charge is 2.31. The van der Waals surface area contributed by atoms with Gasteiger partial charge < -0.3 is 15.1 Å². The van der Waals surface area contributed by atoms with Gasteiger partial charge in [0.25, 0.3) is 0 Å². The SMILES string of the molecule is O=C1CCCN1CCCN1C(=O)CCC1CCNCc1cccc(C(F)(F)F)c1. The number of hydrogen-bond acceptors (Lipinski definition) is 3. The molecule has 0 bridgehead atoms. The average Bonchev–Trinajstić information content (AvgIpc) is 3.24. The molecule has 1 aromatic carbocycles. The second kappa shape index (κ2) is 9.61. The van der Waals surface area contributed by atoms with Gasteiger partial charge in [-0.05, 0) is 43.9 Å². The van der Waals surface area contributed by atoms with Crippen molar-refractivity contribution in [2.75, 3.05) is 26.2 Å². The minimum Gasteiger partial charge on any atom is -0.343 e. The Bertz CT molecular complexity index is 723. The third kappa shape index (κ3) is 5.95. The number of amides is 2. The molecule has 1 aromatic rings. The number of likely N-dealkylation sites (tertiary alicyclic amines) is 2. The molecule has 29 heavy (non-hydrogen) atoms. The van der Waals surface area contributed by atoms with Crippen molar-refractivity contribution in [2.45, 2.75) is 57.3 Å². The van der Waals surface area contributed by atoms with Gasteiger partial charge in [0.15, 0.2) is 0 Å². The molecule has 160 valence electrons. The molecule has 2 aliphatic heterocycles. The van der Waals surface area contributed by atoms with E-state index in [1.165, 1.54) is 6.07 Å². The lowest BCUT2D eigenvalue weighted by molar-refractivity contribution is -0.137. The minimum atomic E-state index is -4.33. The van der Waals surface area contributed by atoms with Gasteiger partial charge in [0.1, 0.15) is 0 Å². The van der Waals surface area contributed by atoms with Crippen LogP contribution < -0.4 is 5.32 Å². The molecule has 1 unspecified atom stereocenters. The summed E-state index contributed by atoms with van der Waals surface area (Å²) in [7, 11) is 0. The first-order chi connectivity index (χ1) is 13.8. The first-order valence-corrected chi connectivity index (χ1v) is 10.3. The van der Waals surface area contributed by atoms with Gasteiger partial charge in [0.05, 0.1) is 5.56 Å². The van der Waals surface area contributed by atoms with Crippen molar-refractivity contribution in [3.63, 3.8) is 0 Å². The first-order valence-electron chi connectivity index (χ1n) is 10.3. The van der Waals surface area contributed by atoms with Crippen molar-refractivity contribution in [1.29, 1.82) is 0 Å². The Morgan fingerprint density at radius 2 is 1.93 bits per heavy atom. The van der Waals surface area contributed by atoms with E-state index in [1.54, 1.807) is 6.07 Å². The van der Waals surface area contributed by atoms with Crippen molar-refractivity contribution in [1.82, 2.24) is 15.1 Å².